The van der Waals surface area contributed by atoms with Gasteiger partial charge >= 0.3 is 0 Å². The lowest BCUT2D eigenvalue weighted by Gasteiger charge is -2.28. The average molecular weight is 300 g/mol. The van der Waals surface area contributed by atoms with Gasteiger partial charge in [-0.2, -0.15) is 0 Å². The summed E-state index contributed by atoms with van der Waals surface area (Å²) < 4.78 is 13.7. The van der Waals surface area contributed by atoms with Gasteiger partial charge in [-0.15, -0.1) is 11.3 Å². The summed E-state index contributed by atoms with van der Waals surface area (Å²) in [7, 11) is 1.72. The maximum Gasteiger partial charge on any atom is 0.238 e. The molecule has 2 heterocycles. The molecule has 1 aliphatic heterocycles. The Labute approximate surface area is 122 Å². The SMILES string of the molecule is C[C@H](N)C(=O)N(C)C[C@@H]1C[C@H](F)CN1Cc1nccs1. The first kappa shape index (κ1) is 15.3. The number of nitrogens with two attached hydrogens (primary N) is 1. The number of likely N-dealkylation sites (tertiary alicyclic amines) is 1. The molecule has 5 nitrogen and oxygen atoms in total. The fraction of sp³-hybridized carbons (Fsp3) is 0.692. The summed E-state index contributed by atoms with van der Waals surface area (Å²) in [5, 5.41) is 2.89. The predicted molar refractivity (Wildman–Crippen MR) is 77.1 cm³/mol. The molecule has 2 N–H and O–H groups in total. The van der Waals surface area contributed by atoms with Gasteiger partial charge in [0.1, 0.15) is 11.2 Å². The number of halogens is 1. The van der Waals surface area contributed by atoms with E-state index in [1.807, 2.05) is 5.38 Å². The van der Waals surface area contributed by atoms with Gasteiger partial charge in [-0.1, -0.05) is 0 Å². The Bertz CT molecular complexity index is 440. The molecule has 1 amide bonds. The van der Waals surface area contributed by atoms with Gasteiger partial charge in [0.15, 0.2) is 0 Å². The Kier molecular flexibility index (Phi) is 5.06. The van der Waals surface area contributed by atoms with Crippen LogP contribution in [0.15, 0.2) is 11.6 Å². The van der Waals surface area contributed by atoms with Crippen LogP contribution >= 0.6 is 11.3 Å². The van der Waals surface area contributed by atoms with Crippen LogP contribution in [0, 0.1) is 0 Å². The molecule has 0 unspecified atom stereocenters. The van der Waals surface area contributed by atoms with Crippen LogP contribution in [0.4, 0.5) is 4.39 Å². The minimum absolute atomic E-state index is 0.0293. The highest BCUT2D eigenvalue weighted by Crippen LogP contribution is 2.24. The predicted octanol–water partition coefficient (Wildman–Crippen LogP) is 0.861. The van der Waals surface area contributed by atoms with Crippen molar-refractivity contribution >= 4 is 17.2 Å². The van der Waals surface area contributed by atoms with Crippen LogP contribution in [0.5, 0.6) is 0 Å². The first-order chi connectivity index (χ1) is 9.47. The summed E-state index contributed by atoms with van der Waals surface area (Å²) in [6, 6.07) is -0.489. The molecule has 0 aliphatic carbocycles. The third-order valence-corrected chi connectivity index (χ3v) is 4.31. The average Bonchev–Trinajstić information content (AvgIpc) is 2.99. The number of hydrogen-bond donors (Lipinski definition) is 1. The number of hydrogen-bond acceptors (Lipinski definition) is 5. The lowest BCUT2D eigenvalue weighted by atomic mass is 10.2. The molecule has 1 fully saturated rings. The third-order valence-electron chi connectivity index (χ3n) is 3.55. The molecular formula is C13H21FN4OS. The first-order valence-corrected chi connectivity index (χ1v) is 7.62. The highest BCUT2D eigenvalue weighted by atomic mass is 32.1. The second-order valence-electron chi connectivity index (χ2n) is 5.35. The molecule has 112 valence electrons. The van der Waals surface area contributed by atoms with Gasteiger partial charge in [0.2, 0.25) is 5.91 Å². The molecule has 1 aromatic rings. The monoisotopic (exact) mass is 300 g/mol. The van der Waals surface area contributed by atoms with Crippen LogP contribution in [0.3, 0.4) is 0 Å². The van der Waals surface area contributed by atoms with Crippen LogP contribution in [0.25, 0.3) is 0 Å². The smallest absolute Gasteiger partial charge is 0.238 e. The summed E-state index contributed by atoms with van der Waals surface area (Å²) >= 11 is 1.57. The number of amides is 1. The van der Waals surface area contributed by atoms with E-state index in [4.69, 9.17) is 5.73 Å². The molecular weight excluding hydrogens is 279 g/mol. The number of alkyl halides is 1. The fourth-order valence-corrected chi connectivity index (χ4v) is 3.21. The topological polar surface area (TPSA) is 62.5 Å². The molecule has 0 radical (unpaired) electrons. The third kappa shape index (κ3) is 3.74. The normalized spacial score (nSPS) is 24.8. The van der Waals surface area contributed by atoms with E-state index in [9.17, 15) is 9.18 Å². The number of rotatable bonds is 5. The van der Waals surface area contributed by atoms with Gasteiger partial charge in [0.25, 0.3) is 0 Å². The van der Waals surface area contributed by atoms with Gasteiger partial charge in [0, 0.05) is 37.8 Å². The van der Waals surface area contributed by atoms with Gasteiger partial charge in [-0.05, 0) is 13.3 Å². The summed E-state index contributed by atoms with van der Waals surface area (Å²) in [6.45, 7) is 3.22. The van der Waals surface area contributed by atoms with Crippen molar-refractivity contribution in [3.8, 4) is 0 Å². The fourth-order valence-electron chi connectivity index (χ4n) is 2.56. The summed E-state index contributed by atoms with van der Waals surface area (Å²) in [6.07, 6.45) is 1.38. The van der Waals surface area contributed by atoms with Crippen molar-refractivity contribution < 1.29 is 9.18 Å². The maximum absolute atomic E-state index is 13.7. The first-order valence-electron chi connectivity index (χ1n) is 6.74. The second-order valence-corrected chi connectivity index (χ2v) is 6.33. The maximum atomic E-state index is 13.7. The van der Waals surface area contributed by atoms with Crippen molar-refractivity contribution in [2.24, 2.45) is 5.73 Å². The lowest BCUT2D eigenvalue weighted by molar-refractivity contribution is -0.131. The van der Waals surface area contributed by atoms with Crippen LogP contribution in [-0.2, 0) is 11.3 Å². The van der Waals surface area contributed by atoms with Gasteiger partial charge in [0.05, 0.1) is 12.6 Å². The second kappa shape index (κ2) is 6.60. The van der Waals surface area contributed by atoms with Gasteiger partial charge in [-0.25, -0.2) is 9.37 Å². The number of aromatic nitrogens is 1. The Morgan fingerprint density at radius 1 is 1.75 bits per heavy atom. The molecule has 20 heavy (non-hydrogen) atoms. The molecule has 0 saturated carbocycles. The summed E-state index contributed by atoms with van der Waals surface area (Å²) in [5.74, 6) is -0.110. The molecule has 7 heteroatoms. The Balaban J connectivity index is 1.96. The molecule has 1 aliphatic rings. The zero-order valence-corrected chi connectivity index (χ0v) is 12.6. The van der Waals surface area contributed by atoms with Crippen molar-refractivity contribution in [2.75, 3.05) is 20.1 Å². The molecule has 0 spiro atoms. The molecule has 1 aromatic heterocycles. The largest absolute Gasteiger partial charge is 0.343 e. The Morgan fingerprint density at radius 2 is 2.50 bits per heavy atom. The van der Waals surface area contributed by atoms with E-state index in [0.717, 1.165) is 5.01 Å². The molecule has 3 atom stereocenters. The van der Waals surface area contributed by atoms with Crippen LogP contribution in [0.2, 0.25) is 0 Å². The number of carbonyl (C=O) groups is 1. The molecule has 0 aromatic carbocycles. The van der Waals surface area contributed by atoms with Crippen molar-refractivity contribution in [3.63, 3.8) is 0 Å². The van der Waals surface area contributed by atoms with E-state index in [2.05, 4.69) is 9.88 Å². The van der Waals surface area contributed by atoms with E-state index >= 15 is 0 Å². The van der Waals surface area contributed by atoms with Crippen LogP contribution in [0.1, 0.15) is 18.4 Å². The van der Waals surface area contributed by atoms with Gasteiger partial charge in [-0.3, -0.25) is 9.69 Å². The zero-order valence-electron chi connectivity index (χ0n) is 11.8. The van der Waals surface area contributed by atoms with Crippen molar-refractivity contribution in [3.05, 3.63) is 16.6 Å². The molecule has 2 rings (SSSR count). The van der Waals surface area contributed by atoms with E-state index in [1.54, 1.807) is 36.4 Å². The van der Waals surface area contributed by atoms with Crippen molar-refractivity contribution in [1.29, 1.82) is 0 Å². The van der Waals surface area contributed by atoms with E-state index in [-0.39, 0.29) is 11.9 Å². The van der Waals surface area contributed by atoms with Crippen molar-refractivity contribution in [1.82, 2.24) is 14.8 Å². The van der Waals surface area contributed by atoms with Gasteiger partial charge < -0.3 is 10.6 Å². The Hall–Kier alpha value is -1.05. The zero-order chi connectivity index (χ0) is 14.7. The van der Waals surface area contributed by atoms with Crippen molar-refractivity contribution in [2.45, 2.75) is 38.1 Å². The standard InChI is InChI=1S/C13H21FN4OS/c1-9(15)13(19)17(2)7-11-5-10(14)6-18(11)8-12-16-3-4-20-12/h3-4,9-11H,5-8,15H2,1-2H3/t9-,10-,11-/m0/s1. The minimum atomic E-state index is -0.834. The highest BCUT2D eigenvalue weighted by Gasteiger charge is 2.34. The summed E-state index contributed by atoms with van der Waals surface area (Å²) in [4.78, 5) is 19.7. The quantitative estimate of drug-likeness (QED) is 0.876. The van der Waals surface area contributed by atoms with E-state index < -0.39 is 12.2 Å². The minimum Gasteiger partial charge on any atom is -0.343 e. The number of thiazole rings is 1. The number of likely N-dealkylation sites (N-methyl/N-ethyl adjacent to an activating group) is 1. The lowest BCUT2D eigenvalue weighted by Crippen LogP contribution is -2.46. The number of carbonyl (C=O) groups excluding carboxylic acids is 1. The molecule has 0 bridgehead atoms. The van der Waals surface area contributed by atoms with E-state index in [1.165, 1.54) is 0 Å². The summed E-state index contributed by atoms with van der Waals surface area (Å²) in [5.41, 5.74) is 5.60. The Morgan fingerprint density at radius 3 is 3.10 bits per heavy atom. The molecule has 1 saturated heterocycles. The number of nitrogens with zero attached hydrogens (tertiary/aromatic N) is 3. The highest BCUT2D eigenvalue weighted by molar-refractivity contribution is 7.09. The van der Waals surface area contributed by atoms with E-state index in [0.29, 0.717) is 26.1 Å². The van der Waals surface area contributed by atoms with Crippen LogP contribution < -0.4 is 5.73 Å². The van der Waals surface area contributed by atoms with Crippen LogP contribution in [-0.4, -0.2) is 59.1 Å².